The summed E-state index contributed by atoms with van der Waals surface area (Å²) >= 11 is 1.75. The van der Waals surface area contributed by atoms with Crippen molar-refractivity contribution in [2.45, 2.75) is 30.8 Å². The molecule has 1 saturated heterocycles. The Labute approximate surface area is 234 Å². The highest BCUT2D eigenvalue weighted by atomic mass is 32.2. The first-order chi connectivity index (χ1) is 19.1. The monoisotopic (exact) mass is 546 g/mol. The molecular weight excluding hydrogens is 511 g/mol. The van der Waals surface area contributed by atoms with Gasteiger partial charge in [-0.25, -0.2) is 0 Å². The molecule has 0 unspecified atom stereocenters. The molecule has 3 heterocycles. The second kappa shape index (κ2) is 11.5. The average Bonchev–Trinajstić information content (AvgIpc) is 3.42. The zero-order valence-corrected chi connectivity index (χ0v) is 23.2. The summed E-state index contributed by atoms with van der Waals surface area (Å²) in [6.07, 6.45) is 1.69. The lowest BCUT2D eigenvalue weighted by molar-refractivity contribution is 0.198. The second-order valence-electron chi connectivity index (χ2n) is 10.3. The Balaban J connectivity index is 1.32. The first kappa shape index (κ1) is 26.1. The summed E-state index contributed by atoms with van der Waals surface area (Å²) in [6, 6.07) is 20.6. The highest BCUT2D eigenvalue weighted by molar-refractivity contribution is 7.99. The molecule has 0 radical (unpaired) electrons. The molecule has 3 aromatic rings. The van der Waals surface area contributed by atoms with Crippen LogP contribution in [0.1, 0.15) is 36.5 Å². The quantitative estimate of drug-likeness (QED) is 0.349. The van der Waals surface area contributed by atoms with Gasteiger partial charge in [-0.15, -0.1) is 11.8 Å². The molecule has 3 aromatic carbocycles. The minimum Gasteiger partial charge on any atom is -0.508 e. The van der Waals surface area contributed by atoms with Crippen molar-refractivity contribution < 1.29 is 19.0 Å². The third kappa shape index (κ3) is 5.48. The molecule has 3 aliphatic heterocycles. The summed E-state index contributed by atoms with van der Waals surface area (Å²) in [6.45, 7) is 7.08. The molecule has 1 fully saturated rings. The summed E-state index contributed by atoms with van der Waals surface area (Å²) in [5, 5.41) is 10.2. The molecule has 39 heavy (non-hydrogen) atoms. The number of thioether (sulfide) groups is 1. The molecule has 0 amide bonds. The maximum atomic E-state index is 12.6. The van der Waals surface area contributed by atoms with Gasteiger partial charge in [0, 0.05) is 36.8 Å². The van der Waals surface area contributed by atoms with Gasteiger partial charge in [0.05, 0.1) is 18.9 Å². The highest BCUT2D eigenvalue weighted by Crippen LogP contribution is 2.46. The highest BCUT2D eigenvalue weighted by Gasteiger charge is 2.26. The molecular formula is C32H35FN2O3S. The average molecular weight is 547 g/mol. The zero-order chi connectivity index (χ0) is 26.8. The molecule has 5 nitrogen and oxygen atoms in total. The van der Waals surface area contributed by atoms with E-state index < -0.39 is 0 Å². The van der Waals surface area contributed by atoms with E-state index in [0.717, 1.165) is 83.7 Å². The van der Waals surface area contributed by atoms with E-state index in [1.54, 1.807) is 17.8 Å². The molecule has 0 aliphatic carbocycles. The van der Waals surface area contributed by atoms with Crippen LogP contribution in [0.5, 0.6) is 17.2 Å². The van der Waals surface area contributed by atoms with Crippen molar-refractivity contribution >= 4 is 28.6 Å². The second-order valence-corrected chi connectivity index (χ2v) is 11.3. The number of phenolic OH excluding ortho intramolecular Hbond substituents is 1. The van der Waals surface area contributed by atoms with Crippen LogP contribution in [-0.2, 0) is 0 Å². The fourth-order valence-electron chi connectivity index (χ4n) is 5.84. The van der Waals surface area contributed by atoms with Crippen LogP contribution in [0, 0.1) is 0 Å². The Morgan fingerprint density at radius 2 is 1.90 bits per heavy atom. The number of nitrogens with zero attached hydrogens (tertiary/aromatic N) is 2. The summed E-state index contributed by atoms with van der Waals surface area (Å²) in [5.41, 5.74) is 6.99. The van der Waals surface area contributed by atoms with E-state index in [4.69, 9.17) is 9.47 Å². The van der Waals surface area contributed by atoms with Crippen molar-refractivity contribution in [1.29, 1.82) is 0 Å². The minimum atomic E-state index is -0.266. The number of rotatable bonds is 8. The number of hydrogen-bond acceptors (Lipinski definition) is 6. The Morgan fingerprint density at radius 3 is 2.72 bits per heavy atom. The number of anilines is 1. The lowest BCUT2D eigenvalue weighted by Gasteiger charge is -2.31. The first-order valence-corrected chi connectivity index (χ1v) is 14.9. The van der Waals surface area contributed by atoms with Crippen LogP contribution in [-0.4, -0.2) is 67.9 Å². The van der Waals surface area contributed by atoms with Crippen LogP contribution >= 0.6 is 11.8 Å². The maximum Gasteiger partial charge on any atom is 0.143 e. The van der Waals surface area contributed by atoms with Crippen LogP contribution in [0.4, 0.5) is 10.1 Å². The summed E-state index contributed by atoms with van der Waals surface area (Å²) in [5.74, 6) is 2.88. The number of halogens is 1. The number of ether oxygens (including phenoxy) is 2. The van der Waals surface area contributed by atoms with E-state index in [-0.39, 0.29) is 18.5 Å². The molecule has 0 saturated carbocycles. The van der Waals surface area contributed by atoms with E-state index in [2.05, 4.69) is 59.2 Å². The third-order valence-electron chi connectivity index (χ3n) is 7.84. The maximum absolute atomic E-state index is 12.6. The molecule has 1 atom stereocenters. The summed E-state index contributed by atoms with van der Waals surface area (Å²) < 4.78 is 24.9. The van der Waals surface area contributed by atoms with Crippen LogP contribution < -0.4 is 14.4 Å². The predicted octanol–water partition coefficient (Wildman–Crippen LogP) is 6.49. The van der Waals surface area contributed by atoms with Gasteiger partial charge in [-0.2, -0.15) is 0 Å². The van der Waals surface area contributed by atoms with Gasteiger partial charge in [-0.1, -0.05) is 18.2 Å². The van der Waals surface area contributed by atoms with Crippen LogP contribution in [0.3, 0.4) is 0 Å². The van der Waals surface area contributed by atoms with E-state index in [9.17, 15) is 9.50 Å². The molecule has 3 aliphatic rings. The van der Waals surface area contributed by atoms with Crippen molar-refractivity contribution in [3.63, 3.8) is 0 Å². The van der Waals surface area contributed by atoms with E-state index >= 15 is 0 Å². The topological polar surface area (TPSA) is 45.2 Å². The summed E-state index contributed by atoms with van der Waals surface area (Å²) in [7, 11) is 0. The van der Waals surface area contributed by atoms with Gasteiger partial charge in [0.25, 0.3) is 0 Å². The van der Waals surface area contributed by atoms with Gasteiger partial charge in [0.2, 0.25) is 0 Å². The number of benzene rings is 3. The van der Waals surface area contributed by atoms with Gasteiger partial charge in [-0.3, -0.25) is 9.29 Å². The van der Waals surface area contributed by atoms with Gasteiger partial charge in [0.15, 0.2) is 0 Å². The SMILES string of the molecule is CCN1CCOc2cc(C3=C(c4ccc(O[C@H]5CCN(CCCF)C5)cc4)c4ccc(O)cc4SC3)ccc21. The zero-order valence-electron chi connectivity index (χ0n) is 22.4. The van der Waals surface area contributed by atoms with E-state index in [0.29, 0.717) is 13.0 Å². The number of likely N-dealkylation sites (N-methyl/N-ethyl adjacent to an activating group) is 1. The number of likely N-dealkylation sites (tertiary alicyclic amines) is 1. The lowest BCUT2D eigenvalue weighted by Crippen LogP contribution is -2.32. The van der Waals surface area contributed by atoms with Crippen LogP contribution in [0.25, 0.3) is 11.1 Å². The predicted molar refractivity (Wildman–Crippen MR) is 157 cm³/mol. The molecule has 204 valence electrons. The van der Waals surface area contributed by atoms with Gasteiger partial charge < -0.3 is 19.5 Å². The van der Waals surface area contributed by atoms with Gasteiger partial charge in [-0.05, 0) is 90.1 Å². The molecule has 1 N–H and O–H groups in total. The van der Waals surface area contributed by atoms with Crippen molar-refractivity contribution in [1.82, 2.24) is 4.90 Å². The third-order valence-corrected chi connectivity index (χ3v) is 8.92. The number of hydrogen-bond donors (Lipinski definition) is 1. The molecule has 6 rings (SSSR count). The van der Waals surface area contributed by atoms with Crippen LogP contribution in [0.2, 0.25) is 0 Å². The van der Waals surface area contributed by atoms with Crippen molar-refractivity contribution in [2.75, 3.05) is 56.7 Å². The summed E-state index contributed by atoms with van der Waals surface area (Å²) in [4.78, 5) is 5.72. The number of phenols is 1. The number of alkyl halides is 1. The smallest absolute Gasteiger partial charge is 0.143 e. The molecule has 0 aromatic heterocycles. The number of aromatic hydroxyl groups is 1. The first-order valence-electron chi connectivity index (χ1n) is 13.9. The largest absolute Gasteiger partial charge is 0.508 e. The lowest BCUT2D eigenvalue weighted by atomic mass is 9.89. The van der Waals surface area contributed by atoms with Crippen molar-refractivity contribution in [3.05, 3.63) is 77.4 Å². The Bertz CT molecular complexity index is 1360. The van der Waals surface area contributed by atoms with E-state index in [1.807, 2.05) is 12.1 Å². The fraction of sp³-hybridized carbons (Fsp3) is 0.375. The standard InChI is InChI=1S/C32H35FN2O3S/c1-2-35-16-17-37-30-18-23(6-11-29(30)35)28-21-39-31-19-24(36)7-10-27(31)32(28)22-4-8-25(9-5-22)38-26-12-15-34(20-26)14-3-13-33/h4-11,18-19,26,36H,2-3,12-17,20-21H2,1H3/t26-/m0/s1. The van der Waals surface area contributed by atoms with Gasteiger partial charge >= 0.3 is 0 Å². The Kier molecular flexibility index (Phi) is 7.71. The fourth-order valence-corrected chi connectivity index (χ4v) is 6.99. The minimum absolute atomic E-state index is 0.137. The molecule has 7 heteroatoms. The van der Waals surface area contributed by atoms with E-state index in [1.165, 1.54) is 11.1 Å². The van der Waals surface area contributed by atoms with Crippen molar-refractivity contribution in [3.8, 4) is 17.2 Å². The Hall–Kier alpha value is -3.16. The Morgan fingerprint density at radius 1 is 1.05 bits per heavy atom. The van der Waals surface area contributed by atoms with Crippen molar-refractivity contribution in [2.24, 2.45) is 0 Å². The van der Waals surface area contributed by atoms with Crippen LogP contribution in [0.15, 0.2) is 65.6 Å². The molecule has 0 spiro atoms. The normalized spacial score (nSPS) is 19.0. The molecule has 0 bridgehead atoms. The number of fused-ring (bicyclic) bond motifs is 2. The van der Waals surface area contributed by atoms with Gasteiger partial charge in [0.1, 0.15) is 30.0 Å².